The summed E-state index contributed by atoms with van der Waals surface area (Å²) in [4.78, 5) is 11.9. The largest absolute Gasteiger partial charge is 0.484 e. The summed E-state index contributed by atoms with van der Waals surface area (Å²) in [5, 5.41) is 2.85. The lowest BCUT2D eigenvalue weighted by Crippen LogP contribution is -2.48. The van der Waals surface area contributed by atoms with Gasteiger partial charge in [-0.15, -0.1) is 6.42 Å². The minimum atomic E-state index is -0.580. The van der Waals surface area contributed by atoms with E-state index in [1.165, 1.54) is 0 Å². The summed E-state index contributed by atoms with van der Waals surface area (Å²) in [5.41, 5.74) is 5.95. The molecule has 1 amide bonds. The highest BCUT2D eigenvalue weighted by Gasteiger charge is 2.25. The maximum absolute atomic E-state index is 11.9. The Kier molecular flexibility index (Phi) is 6.08. The molecular formula is C16H22N2O2. The Labute approximate surface area is 120 Å². The molecule has 0 unspecified atom stereocenters. The molecule has 0 spiro atoms. The van der Waals surface area contributed by atoms with Gasteiger partial charge in [-0.25, -0.2) is 0 Å². The molecule has 0 bridgehead atoms. The number of nitrogens with one attached hydrogen (secondary N) is 1. The van der Waals surface area contributed by atoms with Crippen LogP contribution in [0.3, 0.4) is 0 Å². The molecule has 0 saturated heterocycles. The van der Waals surface area contributed by atoms with E-state index in [0.717, 1.165) is 5.56 Å². The molecule has 1 aromatic carbocycles. The summed E-state index contributed by atoms with van der Waals surface area (Å²) in [6.07, 6.45) is 6.88. The minimum Gasteiger partial charge on any atom is -0.484 e. The number of benzene rings is 1. The van der Waals surface area contributed by atoms with E-state index >= 15 is 0 Å². The fraction of sp³-hybridized carbons (Fsp3) is 0.438. The average molecular weight is 274 g/mol. The zero-order valence-corrected chi connectivity index (χ0v) is 12.1. The van der Waals surface area contributed by atoms with E-state index in [-0.39, 0.29) is 12.5 Å². The number of carbonyl (C=O) groups excluding carboxylic acids is 1. The van der Waals surface area contributed by atoms with E-state index in [1.54, 1.807) is 12.1 Å². The van der Waals surface area contributed by atoms with E-state index in [0.29, 0.717) is 25.1 Å². The maximum Gasteiger partial charge on any atom is 0.259 e. The first-order valence-electron chi connectivity index (χ1n) is 6.79. The lowest BCUT2D eigenvalue weighted by Gasteiger charge is -2.26. The number of hydrogen-bond acceptors (Lipinski definition) is 3. The Morgan fingerprint density at radius 2 is 1.95 bits per heavy atom. The van der Waals surface area contributed by atoms with Gasteiger partial charge in [0.05, 0.1) is 0 Å². The number of nitrogens with two attached hydrogens (primary N) is 1. The van der Waals surface area contributed by atoms with Gasteiger partial charge in [0.25, 0.3) is 5.91 Å². The van der Waals surface area contributed by atoms with Crippen LogP contribution in [0.5, 0.6) is 5.75 Å². The first-order chi connectivity index (χ1) is 9.59. The van der Waals surface area contributed by atoms with Crippen LogP contribution in [-0.2, 0) is 11.3 Å². The van der Waals surface area contributed by atoms with Gasteiger partial charge in [-0.05, 0) is 30.5 Å². The molecule has 3 N–H and O–H groups in total. The lowest BCUT2D eigenvalue weighted by atomic mass is 9.94. The van der Waals surface area contributed by atoms with Crippen molar-refractivity contribution in [3.05, 3.63) is 29.8 Å². The number of carbonyl (C=O) groups is 1. The number of terminal acetylenes is 1. The topological polar surface area (TPSA) is 64.3 Å². The first kappa shape index (κ1) is 16.1. The van der Waals surface area contributed by atoms with Gasteiger partial charge in [-0.1, -0.05) is 31.9 Å². The third-order valence-electron chi connectivity index (χ3n) is 3.39. The smallest absolute Gasteiger partial charge is 0.259 e. The molecule has 0 fully saturated rings. The van der Waals surface area contributed by atoms with E-state index in [2.05, 4.69) is 11.2 Å². The Balaban J connectivity index is 2.52. The van der Waals surface area contributed by atoms with Gasteiger partial charge in [0.15, 0.2) is 6.61 Å². The number of rotatable bonds is 7. The highest BCUT2D eigenvalue weighted by Crippen LogP contribution is 2.14. The zero-order chi connectivity index (χ0) is 15.0. The van der Waals surface area contributed by atoms with Crippen LogP contribution in [0.2, 0.25) is 0 Å². The van der Waals surface area contributed by atoms with Gasteiger partial charge < -0.3 is 15.8 Å². The second kappa shape index (κ2) is 7.56. The van der Waals surface area contributed by atoms with Crippen LogP contribution in [0.4, 0.5) is 0 Å². The average Bonchev–Trinajstić information content (AvgIpc) is 2.51. The van der Waals surface area contributed by atoms with Crippen molar-refractivity contribution in [3.63, 3.8) is 0 Å². The summed E-state index contributed by atoms with van der Waals surface area (Å²) in [5.74, 6) is 3.08. The van der Waals surface area contributed by atoms with E-state index in [9.17, 15) is 4.79 Å². The Morgan fingerprint density at radius 3 is 2.40 bits per heavy atom. The predicted octanol–water partition coefficient (Wildman–Crippen LogP) is 1.83. The van der Waals surface area contributed by atoms with E-state index < -0.39 is 5.54 Å². The third kappa shape index (κ3) is 4.29. The minimum absolute atomic E-state index is 0.0502. The Bertz CT molecular complexity index is 470. The van der Waals surface area contributed by atoms with E-state index in [4.69, 9.17) is 16.9 Å². The van der Waals surface area contributed by atoms with Gasteiger partial charge >= 0.3 is 0 Å². The molecule has 20 heavy (non-hydrogen) atoms. The molecular weight excluding hydrogens is 252 g/mol. The molecule has 0 aromatic heterocycles. The Morgan fingerprint density at radius 1 is 1.35 bits per heavy atom. The van der Waals surface area contributed by atoms with Gasteiger partial charge in [0, 0.05) is 6.54 Å². The molecule has 0 aliphatic rings. The number of ether oxygens (including phenoxy) is 1. The molecule has 108 valence electrons. The van der Waals surface area contributed by atoms with Crippen LogP contribution in [-0.4, -0.2) is 18.1 Å². The zero-order valence-electron chi connectivity index (χ0n) is 12.1. The van der Waals surface area contributed by atoms with Crippen molar-refractivity contribution in [3.8, 4) is 18.1 Å². The van der Waals surface area contributed by atoms with Crippen LogP contribution in [0.15, 0.2) is 24.3 Å². The van der Waals surface area contributed by atoms with Crippen molar-refractivity contribution >= 4 is 5.91 Å². The molecule has 4 heteroatoms. The number of amides is 1. The van der Waals surface area contributed by atoms with Crippen molar-refractivity contribution in [2.45, 2.75) is 38.8 Å². The maximum atomic E-state index is 11.9. The fourth-order valence-corrected chi connectivity index (χ4v) is 1.84. The van der Waals surface area contributed by atoms with Crippen LogP contribution in [0, 0.1) is 12.3 Å². The highest BCUT2D eigenvalue weighted by atomic mass is 16.5. The molecule has 1 rings (SSSR count). The predicted molar refractivity (Wildman–Crippen MR) is 80.1 cm³/mol. The number of hydrogen-bond donors (Lipinski definition) is 2. The first-order valence-corrected chi connectivity index (χ1v) is 6.79. The molecule has 0 aliphatic carbocycles. The van der Waals surface area contributed by atoms with Crippen LogP contribution < -0.4 is 15.8 Å². The van der Waals surface area contributed by atoms with Crippen molar-refractivity contribution < 1.29 is 9.53 Å². The van der Waals surface area contributed by atoms with Crippen LogP contribution in [0.25, 0.3) is 0 Å². The van der Waals surface area contributed by atoms with Crippen LogP contribution in [0.1, 0.15) is 32.3 Å². The Hall–Kier alpha value is -1.99. The van der Waals surface area contributed by atoms with Crippen LogP contribution >= 0.6 is 0 Å². The normalized spacial score (nSPS) is 10.7. The monoisotopic (exact) mass is 274 g/mol. The van der Waals surface area contributed by atoms with Crippen molar-refractivity contribution in [1.82, 2.24) is 5.32 Å². The van der Waals surface area contributed by atoms with E-state index in [1.807, 2.05) is 26.0 Å². The lowest BCUT2D eigenvalue weighted by molar-refractivity contribution is -0.124. The molecule has 0 atom stereocenters. The summed E-state index contributed by atoms with van der Waals surface area (Å²) in [6, 6.07) is 7.33. The highest BCUT2D eigenvalue weighted by molar-refractivity contribution is 5.78. The molecule has 0 aliphatic heterocycles. The molecule has 0 heterocycles. The standard InChI is InChI=1S/C16H22N2O2/c1-4-16(5-2,6-3)18-15(19)12-20-14-9-7-13(11-17)8-10-14/h1,7-10H,5-6,11-12,17H2,2-3H3,(H,18,19). The SMILES string of the molecule is C#CC(CC)(CC)NC(=O)COc1ccc(CN)cc1. The molecule has 4 nitrogen and oxygen atoms in total. The summed E-state index contributed by atoms with van der Waals surface area (Å²) in [7, 11) is 0. The molecule has 1 aromatic rings. The summed E-state index contributed by atoms with van der Waals surface area (Å²) >= 11 is 0. The van der Waals surface area contributed by atoms with Gasteiger partial charge in [0.2, 0.25) is 0 Å². The molecule has 0 saturated carbocycles. The van der Waals surface area contributed by atoms with Gasteiger partial charge in [-0.3, -0.25) is 4.79 Å². The second-order valence-electron chi connectivity index (χ2n) is 4.62. The quantitative estimate of drug-likeness (QED) is 0.746. The summed E-state index contributed by atoms with van der Waals surface area (Å²) in [6.45, 7) is 4.34. The molecule has 0 radical (unpaired) electrons. The van der Waals surface area contributed by atoms with Crippen molar-refractivity contribution in [2.24, 2.45) is 5.73 Å². The van der Waals surface area contributed by atoms with Crippen molar-refractivity contribution in [2.75, 3.05) is 6.61 Å². The fourth-order valence-electron chi connectivity index (χ4n) is 1.84. The third-order valence-corrected chi connectivity index (χ3v) is 3.39. The van der Waals surface area contributed by atoms with Gasteiger partial charge in [0.1, 0.15) is 11.3 Å². The second-order valence-corrected chi connectivity index (χ2v) is 4.62. The van der Waals surface area contributed by atoms with Gasteiger partial charge in [-0.2, -0.15) is 0 Å². The van der Waals surface area contributed by atoms with Crippen molar-refractivity contribution in [1.29, 1.82) is 0 Å². The summed E-state index contributed by atoms with van der Waals surface area (Å²) < 4.78 is 5.43.